The minimum absolute atomic E-state index is 0.283. The van der Waals surface area contributed by atoms with Crippen LogP contribution < -0.4 is 5.32 Å². The number of hydrogen-bond donors (Lipinski definition) is 2. The first-order valence-corrected chi connectivity index (χ1v) is 6.87. The van der Waals surface area contributed by atoms with Crippen molar-refractivity contribution < 1.29 is 9.41 Å². The fourth-order valence-corrected chi connectivity index (χ4v) is 2.12. The van der Waals surface area contributed by atoms with Gasteiger partial charge in [0.25, 0.3) is 6.92 Å². The van der Waals surface area contributed by atoms with Crippen LogP contribution in [0.5, 0.6) is 0 Å². The topological polar surface area (TPSA) is 32.3 Å². The summed E-state index contributed by atoms with van der Waals surface area (Å²) in [7, 11) is 0. The second-order valence-corrected chi connectivity index (χ2v) is 5.24. The van der Waals surface area contributed by atoms with Gasteiger partial charge in [-0.05, 0) is 29.3 Å². The van der Waals surface area contributed by atoms with Gasteiger partial charge >= 0.3 is 0 Å². The highest BCUT2D eigenvalue weighted by Gasteiger charge is 2.06. The Bertz CT molecular complexity index is 575. The van der Waals surface area contributed by atoms with Crippen LogP contribution in [0.25, 0.3) is 11.1 Å². The van der Waals surface area contributed by atoms with E-state index < -0.39 is 0 Å². The zero-order valence-corrected chi connectivity index (χ0v) is 12.0. The Kier molecular flexibility index (Phi) is 5.18. The summed E-state index contributed by atoms with van der Waals surface area (Å²) in [5, 5.41) is 12.8. The Balaban J connectivity index is 2.09. The molecule has 0 saturated heterocycles. The Hall–Kier alpha value is -1.36. The summed E-state index contributed by atoms with van der Waals surface area (Å²) in [6, 6.07) is 12.1. The number of halogens is 2. The average molecular weight is 292 g/mol. The molecular weight excluding hydrogens is 275 g/mol. The van der Waals surface area contributed by atoms with Gasteiger partial charge in [-0.2, -0.15) is 0 Å². The minimum atomic E-state index is -0.366. The van der Waals surface area contributed by atoms with Crippen molar-refractivity contribution in [1.29, 1.82) is 0 Å². The molecule has 0 unspecified atom stereocenters. The number of hydrogen-bond acceptors (Lipinski definition) is 2. The van der Waals surface area contributed by atoms with Gasteiger partial charge in [-0.25, -0.2) is 4.39 Å². The fourth-order valence-electron chi connectivity index (χ4n) is 1.95. The lowest BCUT2D eigenvalue weighted by atomic mass is 9.72. The van der Waals surface area contributed by atoms with Crippen molar-refractivity contribution >= 4 is 18.5 Å². The monoisotopic (exact) mass is 291 g/mol. The second-order valence-electron chi connectivity index (χ2n) is 4.80. The van der Waals surface area contributed by atoms with Gasteiger partial charge in [0.1, 0.15) is 5.82 Å². The average Bonchev–Trinajstić information content (AvgIpc) is 2.42. The van der Waals surface area contributed by atoms with Crippen LogP contribution in [0.15, 0.2) is 42.5 Å². The molecule has 0 aromatic heterocycles. The van der Waals surface area contributed by atoms with Gasteiger partial charge in [0.05, 0.1) is 0 Å². The molecule has 2 rings (SSSR count). The van der Waals surface area contributed by atoms with E-state index in [2.05, 4.69) is 5.32 Å². The Morgan fingerprint density at radius 1 is 1.20 bits per heavy atom. The first kappa shape index (κ1) is 15.0. The van der Waals surface area contributed by atoms with Crippen molar-refractivity contribution in [3.63, 3.8) is 0 Å². The highest BCUT2D eigenvalue weighted by Crippen LogP contribution is 2.26. The van der Waals surface area contributed by atoms with Crippen LogP contribution in [0.4, 0.5) is 4.39 Å². The Labute approximate surface area is 123 Å². The van der Waals surface area contributed by atoms with Gasteiger partial charge in [0, 0.05) is 23.6 Å². The summed E-state index contributed by atoms with van der Waals surface area (Å²) in [6.07, 6.45) is 0.546. The first-order chi connectivity index (χ1) is 9.56. The number of nitrogens with one attached hydrogen (secondary N) is 1. The van der Waals surface area contributed by atoms with Gasteiger partial charge in [-0.15, -0.1) is 0 Å². The van der Waals surface area contributed by atoms with Gasteiger partial charge in [0.15, 0.2) is 0 Å². The summed E-state index contributed by atoms with van der Waals surface area (Å²) in [5.74, 6) is -0.283. The van der Waals surface area contributed by atoms with Crippen LogP contribution in [0, 0.1) is 5.82 Å². The maximum Gasteiger partial charge on any atom is 0.299 e. The molecule has 20 heavy (non-hydrogen) atoms. The molecule has 0 radical (unpaired) electrons. The molecule has 0 spiro atoms. The SMILES string of the molecule is CB(O)CNCc1ccc(-c2cc(Cl)ccc2F)cc1. The number of rotatable bonds is 5. The quantitative estimate of drug-likeness (QED) is 0.828. The third-order valence-corrected chi connectivity index (χ3v) is 3.20. The molecule has 0 amide bonds. The largest absolute Gasteiger partial charge is 0.449 e. The molecule has 2 aromatic rings. The highest BCUT2D eigenvalue weighted by molar-refractivity contribution is 6.48. The van der Waals surface area contributed by atoms with E-state index in [1.807, 2.05) is 24.3 Å². The van der Waals surface area contributed by atoms with Gasteiger partial charge in [0.2, 0.25) is 0 Å². The molecule has 0 heterocycles. The van der Waals surface area contributed by atoms with Crippen molar-refractivity contribution in [3.8, 4) is 11.1 Å². The predicted octanol–water partition coefficient (Wildman–Crippen LogP) is 3.39. The van der Waals surface area contributed by atoms with Crippen molar-refractivity contribution in [2.24, 2.45) is 0 Å². The van der Waals surface area contributed by atoms with Crippen LogP contribution in [0.2, 0.25) is 11.8 Å². The van der Waals surface area contributed by atoms with E-state index in [0.29, 0.717) is 23.6 Å². The van der Waals surface area contributed by atoms with Gasteiger partial charge in [-0.1, -0.05) is 42.7 Å². The molecule has 2 N–H and O–H groups in total. The molecule has 104 valence electrons. The molecule has 2 nitrogen and oxygen atoms in total. The zero-order valence-electron chi connectivity index (χ0n) is 11.2. The molecule has 0 saturated carbocycles. The van der Waals surface area contributed by atoms with E-state index >= 15 is 0 Å². The summed E-state index contributed by atoms with van der Waals surface area (Å²) >= 11 is 5.90. The van der Waals surface area contributed by atoms with E-state index in [9.17, 15) is 4.39 Å². The second kappa shape index (κ2) is 6.89. The summed E-state index contributed by atoms with van der Waals surface area (Å²) in [4.78, 5) is 0. The Morgan fingerprint density at radius 3 is 2.55 bits per heavy atom. The normalized spacial score (nSPS) is 10.6. The summed E-state index contributed by atoms with van der Waals surface area (Å²) in [6.45, 7) is 2.04. The van der Waals surface area contributed by atoms with E-state index in [4.69, 9.17) is 16.6 Å². The fraction of sp³-hybridized carbons (Fsp3) is 0.200. The smallest absolute Gasteiger partial charge is 0.299 e. The third kappa shape index (κ3) is 4.07. The lowest BCUT2D eigenvalue weighted by Gasteiger charge is -2.07. The highest BCUT2D eigenvalue weighted by atomic mass is 35.5. The van der Waals surface area contributed by atoms with Crippen LogP contribution in [0.3, 0.4) is 0 Å². The molecule has 0 aliphatic carbocycles. The lowest BCUT2D eigenvalue weighted by Crippen LogP contribution is -2.27. The van der Waals surface area contributed by atoms with Crippen LogP contribution in [0.1, 0.15) is 5.56 Å². The molecule has 0 bridgehead atoms. The van der Waals surface area contributed by atoms with E-state index in [0.717, 1.165) is 11.1 Å². The van der Waals surface area contributed by atoms with Crippen LogP contribution >= 0.6 is 11.6 Å². The zero-order chi connectivity index (χ0) is 14.5. The van der Waals surface area contributed by atoms with Crippen LogP contribution in [-0.4, -0.2) is 18.4 Å². The van der Waals surface area contributed by atoms with Crippen molar-refractivity contribution in [3.05, 3.63) is 58.9 Å². The Morgan fingerprint density at radius 2 is 1.90 bits per heavy atom. The molecule has 0 fully saturated rings. The van der Waals surface area contributed by atoms with Crippen molar-refractivity contribution in [2.75, 3.05) is 6.44 Å². The first-order valence-electron chi connectivity index (χ1n) is 6.49. The molecule has 0 atom stereocenters. The lowest BCUT2D eigenvalue weighted by molar-refractivity contribution is 0.564. The maximum atomic E-state index is 13.7. The summed E-state index contributed by atoms with van der Waals surface area (Å²) in [5.41, 5.74) is 2.38. The van der Waals surface area contributed by atoms with E-state index in [-0.39, 0.29) is 12.7 Å². The number of benzene rings is 2. The van der Waals surface area contributed by atoms with Crippen molar-refractivity contribution in [2.45, 2.75) is 13.4 Å². The molecule has 0 aliphatic rings. The van der Waals surface area contributed by atoms with Crippen molar-refractivity contribution in [1.82, 2.24) is 5.32 Å². The van der Waals surface area contributed by atoms with Gasteiger partial charge in [-0.3, -0.25) is 0 Å². The van der Waals surface area contributed by atoms with Gasteiger partial charge < -0.3 is 10.3 Å². The minimum Gasteiger partial charge on any atom is -0.449 e. The predicted molar refractivity (Wildman–Crippen MR) is 82.4 cm³/mol. The van der Waals surface area contributed by atoms with E-state index in [1.165, 1.54) is 12.1 Å². The molecule has 5 heteroatoms. The molecular formula is C15H16BClFNO. The molecule has 0 aliphatic heterocycles. The standard InChI is InChI=1S/C15H16BClFNO/c1-16(20)10-19-9-11-2-4-12(5-3-11)14-8-13(17)6-7-15(14)18/h2-8,19-20H,9-10H2,1H3. The third-order valence-electron chi connectivity index (χ3n) is 2.96. The summed E-state index contributed by atoms with van der Waals surface area (Å²) < 4.78 is 13.7. The van der Waals surface area contributed by atoms with Crippen LogP contribution in [-0.2, 0) is 6.54 Å². The molecule has 2 aromatic carbocycles. The maximum absolute atomic E-state index is 13.7. The van der Waals surface area contributed by atoms with E-state index in [1.54, 1.807) is 12.9 Å².